The number of hydrogen-bond acceptors (Lipinski definition) is 3. The number of nitrogens with zero attached hydrogens (tertiary/aromatic N) is 2. The van der Waals surface area contributed by atoms with Crippen LogP contribution in [-0.4, -0.2) is 16.7 Å². The number of Topliss-reactive ketones (excluding diaryl/α,β-unsaturated/α-hetero) is 1. The molecule has 2 heterocycles. The molecule has 1 aliphatic heterocycles. The first-order valence-electron chi connectivity index (χ1n) is 5.83. The Morgan fingerprint density at radius 3 is 2.70 bits per heavy atom. The van der Waals surface area contributed by atoms with Crippen molar-refractivity contribution in [2.75, 3.05) is 4.90 Å². The van der Waals surface area contributed by atoms with E-state index in [2.05, 4.69) is 4.98 Å². The molecule has 20 heavy (non-hydrogen) atoms. The van der Waals surface area contributed by atoms with Gasteiger partial charge in [0.2, 0.25) is 0 Å². The maximum absolute atomic E-state index is 12.1. The third-order valence-corrected chi connectivity index (χ3v) is 3.60. The summed E-state index contributed by atoms with van der Waals surface area (Å²) in [5.74, 6) is -1.16. The number of carbonyl (C=O) groups excluding carboxylic acids is 2. The van der Waals surface area contributed by atoms with Crippen molar-refractivity contribution in [3.8, 4) is 0 Å². The lowest BCUT2D eigenvalue weighted by Crippen LogP contribution is -2.29. The molecule has 2 aromatic rings. The molecular weight excluding hydrogens is 299 g/mol. The number of fused-ring (bicyclic) bond motifs is 1. The van der Waals surface area contributed by atoms with E-state index >= 15 is 0 Å². The third-order valence-electron chi connectivity index (χ3n) is 3.08. The van der Waals surface area contributed by atoms with Crippen molar-refractivity contribution in [3.63, 3.8) is 0 Å². The first-order valence-corrected chi connectivity index (χ1v) is 6.58. The van der Waals surface area contributed by atoms with Gasteiger partial charge < -0.3 is 4.90 Å². The number of halogens is 2. The zero-order valence-electron chi connectivity index (χ0n) is 10.1. The smallest absolute Gasteiger partial charge is 0.299 e. The number of anilines is 1. The maximum atomic E-state index is 12.1. The van der Waals surface area contributed by atoms with Crippen LogP contribution >= 0.6 is 23.2 Å². The topological polar surface area (TPSA) is 50.3 Å². The summed E-state index contributed by atoms with van der Waals surface area (Å²) in [4.78, 5) is 29.3. The highest BCUT2D eigenvalue weighted by Gasteiger charge is 2.37. The minimum Gasteiger partial charge on any atom is -0.300 e. The Bertz CT molecular complexity index is 731. The number of rotatable bonds is 2. The summed E-state index contributed by atoms with van der Waals surface area (Å²) >= 11 is 11.8. The minimum absolute atomic E-state index is 0.250. The molecule has 100 valence electrons. The Morgan fingerprint density at radius 2 is 1.95 bits per heavy atom. The SMILES string of the molecule is O=C1C(=O)N(Cc2ccnc(Cl)c2)c2cccc(Cl)c21. The van der Waals surface area contributed by atoms with Gasteiger partial charge in [-0.15, -0.1) is 0 Å². The summed E-state index contributed by atoms with van der Waals surface area (Å²) in [6.45, 7) is 0.250. The first-order chi connectivity index (χ1) is 9.58. The predicted octanol–water partition coefficient (Wildman–Crippen LogP) is 3.12. The molecule has 0 N–H and O–H groups in total. The van der Waals surface area contributed by atoms with Crippen LogP contribution in [0.3, 0.4) is 0 Å². The van der Waals surface area contributed by atoms with Gasteiger partial charge in [0.1, 0.15) is 5.15 Å². The van der Waals surface area contributed by atoms with Crippen LogP contribution in [0.25, 0.3) is 0 Å². The van der Waals surface area contributed by atoms with Crippen LogP contribution in [-0.2, 0) is 11.3 Å². The molecule has 0 spiro atoms. The molecule has 6 heteroatoms. The van der Waals surface area contributed by atoms with E-state index in [1.807, 2.05) is 0 Å². The molecule has 3 rings (SSSR count). The van der Waals surface area contributed by atoms with Gasteiger partial charge in [-0.05, 0) is 29.8 Å². The highest BCUT2D eigenvalue weighted by Crippen LogP contribution is 2.35. The highest BCUT2D eigenvalue weighted by molar-refractivity contribution is 6.55. The summed E-state index contributed by atoms with van der Waals surface area (Å²) in [6, 6.07) is 8.40. The molecular formula is C14H8Cl2N2O2. The first kappa shape index (κ1) is 13.1. The van der Waals surface area contributed by atoms with Gasteiger partial charge in [-0.3, -0.25) is 9.59 Å². The molecule has 0 aliphatic carbocycles. The number of ketones is 1. The van der Waals surface area contributed by atoms with Crippen LogP contribution in [0.1, 0.15) is 15.9 Å². The Labute approximate surface area is 124 Å². The fraction of sp³-hybridized carbons (Fsp3) is 0.0714. The van der Waals surface area contributed by atoms with Gasteiger partial charge >= 0.3 is 0 Å². The van der Waals surface area contributed by atoms with Crippen molar-refractivity contribution in [3.05, 3.63) is 57.8 Å². The van der Waals surface area contributed by atoms with Crippen molar-refractivity contribution < 1.29 is 9.59 Å². The molecule has 0 saturated carbocycles. The second-order valence-corrected chi connectivity index (χ2v) is 5.14. The molecule has 0 bridgehead atoms. The lowest BCUT2D eigenvalue weighted by atomic mass is 10.1. The minimum atomic E-state index is -0.582. The van der Waals surface area contributed by atoms with E-state index in [9.17, 15) is 9.59 Å². The number of hydrogen-bond donors (Lipinski definition) is 0. The zero-order valence-corrected chi connectivity index (χ0v) is 11.6. The second-order valence-electron chi connectivity index (χ2n) is 4.34. The highest BCUT2D eigenvalue weighted by atomic mass is 35.5. The van der Waals surface area contributed by atoms with E-state index in [-0.39, 0.29) is 17.1 Å². The molecule has 0 atom stereocenters. The van der Waals surface area contributed by atoms with Crippen LogP contribution < -0.4 is 4.90 Å². The van der Waals surface area contributed by atoms with Gasteiger partial charge in [-0.25, -0.2) is 4.98 Å². The summed E-state index contributed by atoms with van der Waals surface area (Å²) in [5.41, 5.74) is 1.58. The average molecular weight is 307 g/mol. The van der Waals surface area contributed by atoms with Gasteiger partial charge in [0.25, 0.3) is 11.7 Å². The predicted molar refractivity (Wildman–Crippen MR) is 76.2 cm³/mol. The molecule has 0 saturated heterocycles. The standard InChI is InChI=1S/C14H8Cl2N2O2/c15-9-2-1-3-10-12(9)13(19)14(20)18(10)7-8-4-5-17-11(16)6-8/h1-6H,7H2. The maximum Gasteiger partial charge on any atom is 0.299 e. The molecule has 1 aromatic carbocycles. The number of amides is 1. The number of benzene rings is 1. The number of pyridine rings is 1. The van der Waals surface area contributed by atoms with Crippen LogP contribution in [0.15, 0.2) is 36.5 Å². The van der Waals surface area contributed by atoms with Gasteiger partial charge in [-0.2, -0.15) is 0 Å². The van der Waals surface area contributed by atoms with E-state index in [1.165, 1.54) is 4.90 Å². The van der Waals surface area contributed by atoms with E-state index in [4.69, 9.17) is 23.2 Å². The average Bonchev–Trinajstić information content (AvgIpc) is 2.65. The number of carbonyl (C=O) groups is 2. The van der Waals surface area contributed by atoms with Crippen LogP contribution in [0.4, 0.5) is 5.69 Å². The largest absolute Gasteiger partial charge is 0.300 e. The van der Waals surface area contributed by atoms with Crippen LogP contribution in [0.5, 0.6) is 0 Å². The molecule has 1 aromatic heterocycles. The summed E-state index contributed by atoms with van der Waals surface area (Å²) in [6.07, 6.45) is 1.55. The Kier molecular flexibility index (Phi) is 3.20. The molecule has 0 radical (unpaired) electrons. The van der Waals surface area contributed by atoms with Gasteiger partial charge in [0, 0.05) is 6.20 Å². The lowest BCUT2D eigenvalue weighted by molar-refractivity contribution is -0.114. The Morgan fingerprint density at radius 1 is 1.15 bits per heavy atom. The Balaban J connectivity index is 2.02. The van der Waals surface area contributed by atoms with Gasteiger partial charge in [0.05, 0.1) is 22.8 Å². The van der Waals surface area contributed by atoms with Crippen molar-refractivity contribution in [2.45, 2.75) is 6.54 Å². The second kappa shape index (κ2) is 4.89. The van der Waals surface area contributed by atoms with E-state index in [1.54, 1.807) is 36.5 Å². The summed E-state index contributed by atoms with van der Waals surface area (Å²) < 4.78 is 0. The number of aromatic nitrogens is 1. The lowest BCUT2D eigenvalue weighted by Gasteiger charge is -2.16. The van der Waals surface area contributed by atoms with E-state index in [0.29, 0.717) is 10.8 Å². The monoisotopic (exact) mass is 306 g/mol. The fourth-order valence-corrected chi connectivity index (χ4v) is 2.63. The van der Waals surface area contributed by atoms with Crippen LogP contribution in [0, 0.1) is 0 Å². The molecule has 4 nitrogen and oxygen atoms in total. The third kappa shape index (κ3) is 2.07. The molecule has 1 aliphatic rings. The van der Waals surface area contributed by atoms with Crippen molar-refractivity contribution >= 4 is 40.6 Å². The summed E-state index contributed by atoms with van der Waals surface area (Å²) in [7, 11) is 0. The zero-order chi connectivity index (χ0) is 14.3. The summed E-state index contributed by atoms with van der Waals surface area (Å²) in [5, 5.41) is 0.628. The molecule has 1 amide bonds. The molecule has 0 fully saturated rings. The Hall–Kier alpha value is -1.91. The van der Waals surface area contributed by atoms with Crippen molar-refractivity contribution in [2.24, 2.45) is 0 Å². The van der Waals surface area contributed by atoms with Crippen molar-refractivity contribution in [1.29, 1.82) is 0 Å². The van der Waals surface area contributed by atoms with Gasteiger partial charge in [-0.1, -0.05) is 29.3 Å². The fourth-order valence-electron chi connectivity index (χ4n) is 2.18. The van der Waals surface area contributed by atoms with Crippen molar-refractivity contribution in [1.82, 2.24) is 4.98 Å². The van der Waals surface area contributed by atoms with E-state index < -0.39 is 11.7 Å². The van der Waals surface area contributed by atoms with Gasteiger partial charge in [0.15, 0.2) is 0 Å². The quantitative estimate of drug-likeness (QED) is 0.633. The normalized spacial score (nSPS) is 13.8. The van der Waals surface area contributed by atoms with Crippen LogP contribution in [0.2, 0.25) is 10.2 Å². The van der Waals surface area contributed by atoms with E-state index in [0.717, 1.165) is 5.56 Å². The molecule has 0 unspecified atom stereocenters.